The highest BCUT2D eigenvalue weighted by Gasteiger charge is 2.40. The fraction of sp³-hybridized carbons (Fsp3) is 0.326. The van der Waals surface area contributed by atoms with Crippen LogP contribution in [0.3, 0.4) is 0 Å². The van der Waals surface area contributed by atoms with Crippen molar-refractivity contribution in [3.8, 4) is 0 Å². The van der Waals surface area contributed by atoms with Crippen molar-refractivity contribution in [1.82, 2.24) is 20.2 Å². The monoisotopic (exact) mass is 771 g/mol. The normalized spacial score (nSPS) is 13.2. The predicted molar refractivity (Wildman–Crippen MR) is 221 cm³/mol. The molecule has 1 heterocycles. The molecule has 0 unspecified atom stereocenters. The first-order valence-corrected chi connectivity index (χ1v) is 19.1. The smallest absolute Gasteiger partial charge is 0.408 e. The molecule has 57 heavy (non-hydrogen) atoms. The maximum atomic E-state index is 14.4. The van der Waals surface area contributed by atoms with Crippen molar-refractivity contribution < 1.29 is 28.7 Å². The van der Waals surface area contributed by atoms with E-state index in [2.05, 4.69) is 47.0 Å². The Balaban J connectivity index is 1.48. The van der Waals surface area contributed by atoms with Gasteiger partial charge in [0.25, 0.3) is 5.91 Å². The van der Waals surface area contributed by atoms with Crippen LogP contribution in [0.15, 0.2) is 128 Å². The summed E-state index contributed by atoms with van der Waals surface area (Å²) in [5.41, 5.74) is 3.30. The Morgan fingerprint density at radius 3 is 1.72 bits per heavy atom. The molecule has 3 atom stereocenters. The van der Waals surface area contributed by atoms with Gasteiger partial charge in [0.05, 0.1) is 19.1 Å². The van der Waals surface area contributed by atoms with Gasteiger partial charge in [-0.2, -0.15) is 0 Å². The molecule has 5 rings (SSSR count). The number of hydrogen-bond acceptors (Lipinski definition) is 7. The molecule has 11 heteroatoms. The zero-order valence-corrected chi connectivity index (χ0v) is 33.9. The lowest BCUT2D eigenvalue weighted by molar-refractivity contribution is -0.145. The van der Waals surface area contributed by atoms with Crippen LogP contribution in [0.5, 0.6) is 0 Å². The van der Waals surface area contributed by atoms with Gasteiger partial charge in [-0.05, 0) is 69.4 Å². The van der Waals surface area contributed by atoms with Gasteiger partial charge >= 0.3 is 12.1 Å². The van der Waals surface area contributed by atoms with Gasteiger partial charge in [-0.15, -0.1) is 0 Å². The summed E-state index contributed by atoms with van der Waals surface area (Å²) in [6, 6.07) is 34.2. The number of aromatic nitrogens is 2. The summed E-state index contributed by atoms with van der Waals surface area (Å²) >= 11 is 0. The Bertz CT molecular complexity index is 2010. The highest BCUT2D eigenvalue weighted by molar-refractivity contribution is 6.04. The van der Waals surface area contributed by atoms with E-state index in [0.29, 0.717) is 11.4 Å². The number of esters is 1. The van der Waals surface area contributed by atoms with Crippen molar-refractivity contribution in [3.63, 3.8) is 0 Å². The van der Waals surface area contributed by atoms with Crippen molar-refractivity contribution in [2.75, 3.05) is 12.0 Å². The zero-order chi connectivity index (χ0) is 41.3. The first-order chi connectivity index (χ1) is 27.1. The molecule has 0 saturated heterocycles. The second-order valence-electron chi connectivity index (χ2n) is 15.5. The minimum atomic E-state index is -1.15. The van der Waals surface area contributed by atoms with Gasteiger partial charge in [-0.1, -0.05) is 123 Å². The molecule has 5 aromatic rings. The van der Waals surface area contributed by atoms with Crippen molar-refractivity contribution in [2.45, 2.75) is 84.2 Å². The lowest BCUT2D eigenvalue weighted by atomic mass is 9.77. The number of carbonyl (C=O) groups excluding carboxylic acids is 4. The van der Waals surface area contributed by atoms with Crippen LogP contribution in [0.25, 0.3) is 0 Å². The number of ether oxygens (including phenoxy) is 2. The molecule has 3 amide bonds. The van der Waals surface area contributed by atoms with E-state index >= 15 is 0 Å². The molecule has 1 aromatic heterocycles. The fourth-order valence-electron chi connectivity index (χ4n) is 6.94. The van der Waals surface area contributed by atoms with Crippen molar-refractivity contribution in [2.24, 2.45) is 5.92 Å². The number of imidazole rings is 1. The van der Waals surface area contributed by atoms with Crippen LogP contribution in [0.2, 0.25) is 0 Å². The molecule has 4 aromatic carbocycles. The van der Waals surface area contributed by atoms with E-state index in [1.165, 1.54) is 12.0 Å². The van der Waals surface area contributed by atoms with E-state index in [4.69, 9.17) is 14.5 Å². The highest BCUT2D eigenvalue weighted by Crippen LogP contribution is 2.40. The Labute approximate surface area is 335 Å². The van der Waals surface area contributed by atoms with Crippen LogP contribution < -0.4 is 15.5 Å². The summed E-state index contributed by atoms with van der Waals surface area (Å²) in [4.78, 5) is 61.0. The number of carbonyl (C=O) groups is 4. The Morgan fingerprint density at radius 2 is 1.26 bits per heavy atom. The SMILES string of the molecule is COC(=O)[C@H](Cc1cn(C(c2ccccc2)(c2ccccc2)c2ccccc2)cn1)NC(=O)[C@H](C)N(C(=O)[C@@H](NC(=O)OC(C)(C)C)C(C)C)c1ccc(C)cc1. The molecule has 2 N–H and O–H groups in total. The zero-order valence-electron chi connectivity index (χ0n) is 33.9. The number of methoxy groups -OCH3 is 1. The summed E-state index contributed by atoms with van der Waals surface area (Å²) in [6.07, 6.45) is 2.87. The number of amides is 3. The van der Waals surface area contributed by atoms with Gasteiger partial charge < -0.3 is 24.7 Å². The third-order valence-electron chi connectivity index (χ3n) is 9.73. The average molecular weight is 772 g/mol. The number of nitrogens with one attached hydrogen (secondary N) is 2. The summed E-state index contributed by atoms with van der Waals surface area (Å²) in [6.45, 7) is 12.3. The molecule has 0 spiro atoms. The quantitative estimate of drug-likeness (QED) is 0.0902. The lowest BCUT2D eigenvalue weighted by Crippen LogP contribution is -2.58. The Hall–Kier alpha value is -6.23. The number of anilines is 1. The number of alkyl carbamates (subject to hydrolysis) is 1. The van der Waals surface area contributed by atoms with Gasteiger partial charge in [0.1, 0.15) is 29.3 Å². The standard InChI is InChI=1S/C46H53N5O6/c1-31(2)40(49-44(55)57-45(5,6)7)42(53)51(38-26-24-32(3)25-27-38)33(4)41(52)48-39(43(54)56-8)28-37-29-50(30-47-37)46(34-18-12-9-13-19-34,35-20-14-10-15-21-35)36-22-16-11-17-23-36/h9-27,29-31,33,39-40H,28H2,1-8H3,(H,48,52)(H,49,55)/t33-,39-,40-/m0/s1. The Morgan fingerprint density at radius 1 is 0.754 bits per heavy atom. The number of hydrogen-bond donors (Lipinski definition) is 2. The van der Waals surface area contributed by atoms with Crippen molar-refractivity contribution >= 4 is 29.6 Å². The van der Waals surface area contributed by atoms with E-state index in [0.717, 1.165) is 22.3 Å². The van der Waals surface area contributed by atoms with Gasteiger partial charge in [0.15, 0.2) is 0 Å². The van der Waals surface area contributed by atoms with Crippen LogP contribution in [0, 0.1) is 12.8 Å². The van der Waals surface area contributed by atoms with Crippen LogP contribution in [-0.4, -0.2) is 64.3 Å². The molecule has 0 radical (unpaired) electrons. The number of rotatable bonds is 14. The Kier molecular flexibility index (Phi) is 13.3. The highest BCUT2D eigenvalue weighted by atomic mass is 16.6. The van der Waals surface area contributed by atoms with E-state index < -0.39 is 53.1 Å². The van der Waals surface area contributed by atoms with Crippen LogP contribution in [-0.2, 0) is 35.8 Å². The molecular weight excluding hydrogens is 719 g/mol. The third kappa shape index (κ3) is 9.78. The molecular formula is C46H53N5O6. The van der Waals surface area contributed by atoms with Gasteiger partial charge in [0, 0.05) is 18.3 Å². The molecule has 0 fully saturated rings. The molecule has 0 aliphatic rings. The second kappa shape index (κ2) is 18.1. The number of nitrogens with zero attached hydrogens (tertiary/aromatic N) is 3. The summed E-state index contributed by atoms with van der Waals surface area (Å²) in [7, 11) is 1.26. The summed E-state index contributed by atoms with van der Waals surface area (Å²) < 4.78 is 12.7. The van der Waals surface area contributed by atoms with Gasteiger partial charge in [0.2, 0.25) is 5.91 Å². The van der Waals surface area contributed by atoms with E-state index in [-0.39, 0.29) is 12.3 Å². The predicted octanol–water partition coefficient (Wildman–Crippen LogP) is 7.20. The first kappa shape index (κ1) is 41.9. The number of aryl methyl sites for hydroxylation is 1. The fourth-order valence-corrected chi connectivity index (χ4v) is 6.94. The third-order valence-corrected chi connectivity index (χ3v) is 9.73. The lowest BCUT2D eigenvalue weighted by Gasteiger charge is -2.37. The van der Waals surface area contributed by atoms with E-state index in [9.17, 15) is 19.2 Å². The largest absolute Gasteiger partial charge is 0.467 e. The van der Waals surface area contributed by atoms with Gasteiger partial charge in [-0.3, -0.25) is 14.5 Å². The molecule has 0 aliphatic carbocycles. The minimum Gasteiger partial charge on any atom is -0.467 e. The van der Waals surface area contributed by atoms with E-state index in [1.807, 2.05) is 84.4 Å². The molecule has 0 bridgehead atoms. The van der Waals surface area contributed by atoms with Crippen LogP contribution in [0.4, 0.5) is 10.5 Å². The maximum absolute atomic E-state index is 14.4. The van der Waals surface area contributed by atoms with Crippen molar-refractivity contribution in [1.29, 1.82) is 0 Å². The average Bonchev–Trinajstić information content (AvgIpc) is 3.66. The van der Waals surface area contributed by atoms with Crippen LogP contribution >= 0.6 is 0 Å². The van der Waals surface area contributed by atoms with E-state index in [1.54, 1.807) is 60.0 Å². The minimum absolute atomic E-state index is 0.000120. The molecule has 11 nitrogen and oxygen atoms in total. The summed E-state index contributed by atoms with van der Waals surface area (Å²) in [5, 5.41) is 5.56. The topological polar surface area (TPSA) is 132 Å². The molecule has 298 valence electrons. The van der Waals surface area contributed by atoms with Gasteiger partial charge in [-0.25, -0.2) is 14.6 Å². The summed E-state index contributed by atoms with van der Waals surface area (Å²) in [5.74, 6) is -2.16. The van der Waals surface area contributed by atoms with Crippen molar-refractivity contribution in [3.05, 3.63) is 156 Å². The second-order valence-corrected chi connectivity index (χ2v) is 15.5. The maximum Gasteiger partial charge on any atom is 0.408 e. The van der Waals surface area contributed by atoms with Crippen LogP contribution in [0.1, 0.15) is 69.5 Å². The molecule has 0 saturated carbocycles. The molecule has 0 aliphatic heterocycles. The first-order valence-electron chi connectivity index (χ1n) is 19.1. The number of benzene rings is 4.